The summed E-state index contributed by atoms with van der Waals surface area (Å²) in [6, 6.07) is 25.7. The number of nitrogens with zero attached hydrogens (tertiary/aromatic N) is 2. The van der Waals surface area contributed by atoms with Crippen LogP contribution in [0.4, 0.5) is 10.1 Å². The van der Waals surface area contributed by atoms with Gasteiger partial charge >= 0.3 is 0 Å². The van der Waals surface area contributed by atoms with E-state index in [4.69, 9.17) is 0 Å². The highest BCUT2D eigenvalue weighted by Gasteiger charge is 2.35. The van der Waals surface area contributed by atoms with Gasteiger partial charge in [-0.15, -0.1) is 0 Å². The summed E-state index contributed by atoms with van der Waals surface area (Å²) < 4.78 is 13.6. The van der Waals surface area contributed by atoms with E-state index in [1.54, 1.807) is 18.2 Å². The lowest BCUT2D eigenvalue weighted by Gasteiger charge is -2.33. The second-order valence-electron chi connectivity index (χ2n) is 9.32. The molecule has 1 N–H and O–H groups in total. The fourth-order valence-electron chi connectivity index (χ4n) is 4.99. The predicted octanol–water partition coefficient (Wildman–Crippen LogP) is 4.72. The van der Waals surface area contributed by atoms with E-state index in [9.17, 15) is 18.8 Å². The first-order valence-electron chi connectivity index (χ1n) is 12.7. The molecule has 0 fully saturated rings. The smallest absolute Gasteiger partial charge is 0.259 e. The lowest BCUT2D eigenvalue weighted by Crippen LogP contribution is -2.53. The highest BCUT2D eigenvalue weighted by molar-refractivity contribution is 6.26. The van der Waals surface area contributed by atoms with Crippen LogP contribution in [-0.2, 0) is 22.6 Å². The summed E-state index contributed by atoms with van der Waals surface area (Å²) in [6.07, 6.45) is 0.295. The van der Waals surface area contributed by atoms with Gasteiger partial charge in [-0.25, -0.2) is 4.39 Å². The van der Waals surface area contributed by atoms with Crippen LogP contribution in [0.3, 0.4) is 0 Å². The van der Waals surface area contributed by atoms with Gasteiger partial charge in [0.05, 0.1) is 5.69 Å². The second-order valence-corrected chi connectivity index (χ2v) is 9.32. The van der Waals surface area contributed by atoms with Gasteiger partial charge in [0.2, 0.25) is 11.8 Å². The van der Waals surface area contributed by atoms with Crippen LogP contribution in [0.2, 0.25) is 0 Å². The molecule has 1 aliphatic rings. The third kappa shape index (κ3) is 5.00. The van der Waals surface area contributed by atoms with Crippen molar-refractivity contribution in [2.75, 3.05) is 18.0 Å². The van der Waals surface area contributed by atoms with Crippen LogP contribution >= 0.6 is 0 Å². The molecule has 5 rings (SSSR count). The SMILES string of the molecule is CCNC(=O)C(Cc1ccccc1)N(Cc1ccc(F)cc1)C(=O)CN1C(=O)c2cccc3cccc1c23. The predicted molar refractivity (Wildman–Crippen MR) is 145 cm³/mol. The van der Waals surface area contributed by atoms with Crippen LogP contribution in [0.5, 0.6) is 0 Å². The zero-order chi connectivity index (χ0) is 26.6. The summed E-state index contributed by atoms with van der Waals surface area (Å²) in [5.41, 5.74) is 2.81. The van der Waals surface area contributed by atoms with Gasteiger partial charge in [0, 0.05) is 30.5 Å². The van der Waals surface area contributed by atoms with Crippen molar-refractivity contribution in [1.29, 1.82) is 0 Å². The first-order valence-corrected chi connectivity index (χ1v) is 12.7. The average molecular weight is 510 g/mol. The van der Waals surface area contributed by atoms with Crippen molar-refractivity contribution < 1.29 is 18.8 Å². The molecule has 4 aromatic rings. The van der Waals surface area contributed by atoms with Gasteiger partial charge in [0.15, 0.2) is 0 Å². The topological polar surface area (TPSA) is 69.7 Å². The number of halogens is 1. The van der Waals surface area contributed by atoms with Gasteiger partial charge in [-0.3, -0.25) is 19.3 Å². The van der Waals surface area contributed by atoms with E-state index in [0.717, 1.165) is 16.3 Å². The normalized spacial score (nSPS) is 13.0. The Hall–Kier alpha value is -4.52. The maximum absolute atomic E-state index is 14.0. The molecule has 0 bridgehead atoms. The Bertz CT molecular complexity index is 1480. The van der Waals surface area contributed by atoms with Gasteiger partial charge in [-0.2, -0.15) is 0 Å². The van der Waals surface area contributed by atoms with Crippen molar-refractivity contribution in [2.45, 2.75) is 25.9 Å². The molecule has 192 valence electrons. The van der Waals surface area contributed by atoms with Gasteiger partial charge in [0.25, 0.3) is 5.91 Å². The summed E-state index contributed by atoms with van der Waals surface area (Å²) in [5.74, 6) is -1.29. The molecule has 1 atom stereocenters. The van der Waals surface area contributed by atoms with Crippen molar-refractivity contribution >= 4 is 34.2 Å². The number of carbonyl (C=O) groups excluding carboxylic acids is 3. The molecule has 0 saturated heterocycles. The minimum Gasteiger partial charge on any atom is -0.355 e. The fourth-order valence-corrected chi connectivity index (χ4v) is 4.99. The molecule has 3 amide bonds. The van der Waals surface area contributed by atoms with E-state index in [1.807, 2.05) is 67.6 Å². The van der Waals surface area contributed by atoms with Crippen molar-refractivity contribution in [1.82, 2.24) is 10.2 Å². The third-order valence-corrected chi connectivity index (χ3v) is 6.83. The standard InChI is InChI=1S/C31H28FN3O3/c1-2-33-30(37)27(18-21-8-4-3-5-9-21)34(19-22-14-16-24(32)17-15-22)28(36)20-35-26-13-7-11-23-10-6-12-25(29(23)26)31(35)38/h3-17,27H,2,18-20H2,1H3,(H,33,37). The number of carbonyl (C=O) groups is 3. The van der Waals surface area contributed by atoms with E-state index < -0.39 is 6.04 Å². The fraction of sp³-hybridized carbons (Fsp3) is 0.194. The number of likely N-dealkylation sites (N-methyl/N-ethyl adjacent to an activating group) is 1. The lowest BCUT2D eigenvalue weighted by molar-refractivity contribution is -0.140. The number of benzene rings is 4. The van der Waals surface area contributed by atoms with Crippen LogP contribution in [0.25, 0.3) is 10.8 Å². The molecule has 7 heteroatoms. The minimum absolute atomic E-state index is 0.0902. The van der Waals surface area contributed by atoms with Crippen molar-refractivity contribution in [3.05, 3.63) is 114 Å². The molecule has 0 radical (unpaired) electrons. The number of nitrogens with one attached hydrogen (secondary N) is 1. The van der Waals surface area contributed by atoms with Crippen LogP contribution in [0.15, 0.2) is 91.0 Å². The first kappa shape index (κ1) is 25.1. The Kier molecular flexibility index (Phi) is 7.18. The van der Waals surface area contributed by atoms with E-state index in [0.29, 0.717) is 29.8 Å². The highest BCUT2D eigenvalue weighted by atomic mass is 19.1. The maximum Gasteiger partial charge on any atom is 0.259 e. The number of anilines is 1. The van der Waals surface area contributed by atoms with E-state index in [2.05, 4.69) is 5.32 Å². The van der Waals surface area contributed by atoms with Crippen LogP contribution in [0, 0.1) is 5.82 Å². The zero-order valence-corrected chi connectivity index (χ0v) is 21.1. The monoisotopic (exact) mass is 509 g/mol. The summed E-state index contributed by atoms with van der Waals surface area (Å²) in [7, 11) is 0. The summed E-state index contributed by atoms with van der Waals surface area (Å²) in [6.45, 7) is 2.10. The largest absolute Gasteiger partial charge is 0.355 e. The lowest BCUT2D eigenvalue weighted by atomic mass is 10.0. The second kappa shape index (κ2) is 10.8. The third-order valence-electron chi connectivity index (χ3n) is 6.83. The van der Waals surface area contributed by atoms with Crippen molar-refractivity contribution in [3.63, 3.8) is 0 Å². The van der Waals surface area contributed by atoms with Crippen LogP contribution < -0.4 is 10.2 Å². The molecule has 1 unspecified atom stereocenters. The number of amides is 3. The highest BCUT2D eigenvalue weighted by Crippen LogP contribution is 2.37. The van der Waals surface area contributed by atoms with Crippen molar-refractivity contribution in [3.8, 4) is 0 Å². The van der Waals surface area contributed by atoms with Crippen molar-refractivity contribution in [2.24, 2.45) is 0 Å². The molecule has 0 saturated carbocycles. The van der Waals surface area contributed by atoms with Gasteiger partial charge in [0.1, 0.15) is 18.4 Å². The van der Waals surface area contributed by atoms with Gasteiger partial charge in [-0.1, -0.05) is 66.7 Å². The van der Waals surface area contributed by atoms with E-state index in [1.165, 1.54) is 21.9 Å². The maximum atomic E-state index is 14.0. The minimum atomic E-state index is -0.828. The molecule has 6 nitrogen and oxygen atoms in total. The molecule has 38 heavy (non-hydrogen) atoms. The van der Waals surface area contributed by atoms with Gasteiger partial charge < -0.3 is 10.2 Å². The molecule has 1 heterocycles. The van der Waals surface area contributed by atoms with Crippen LogP contribution in [-0.4, -0.2) is 41.8 Å². The summed E-state index contributed by atoms with van der Waals surface area (Å²) >= 11 is 0. The Morgan fingerprint density at radius 3 is 2.32 bits per heavy atom. The number of rotatable bonds is 9. The quantitative estimate of drug-likeness (QED) is 0.355. The summed E-state index contributed by atoms with van der Waals surface area (Å²) in [5, 5.41) is 4.60. The number of hydrogen-bond donors (Lipinski definition) is 1. The molecule has 0 aliphatic carbocycles. The Labute approximate surface area is 220 Å². The van der Waals surface area contributed by atoms with E-state index >= 15 is 0 Å². The molecule has 4 aromatic carbocycles. The zero-order valence-electron chi connectivity index (χ0n) is 21.1. The van der Waals surface area contributed by atoms with Gasteiger partial charge in [-0.05, 0) is 47.7 Å². The molecule has 0 aromatic heterocycles. The Morgan fingerprint density at radius 2 is 1.61 bits per heavy atom. The summed E-state index contributed by atoms with van der Waals surface area (Å²) in [4.78, 5) is 43.7. The molecule has 1 aliphatic heterocycles. The van der Waals surface area contributed by atoms with Crippen LogP contribution in [0.1, 0.15) is 28.4 Å². The number of hydrogen-bond acceptors (Lipinski definition) is 3. The molecular weight excluding hydrogens is 481 g/mol. The molecular formula is C31H28FN3O3. The average Bonchev–Trinajstić information content (AvgIpc) is 3.20. The Balaban J connectivity index is 1.50. The molecule has 0 spiro atoms. The first-order chi connectivity index (χ1) is 18.5. The Morgan fingerprint density at radius 1 is 0.895 bits per heavy atom. The van der Waals surface area contributed by atoms with E-state index in [-0.39, 0.29) is 36.6 Å².